The van der Waals surface area contributed by atoms with Crippen molar-refractivity contribution in [3.63, 3.8) is 0 Å². The first-order valence-electron chi connectivity index (χ1n) is 9.33. The van der Waals surface area contributed by atoms with E-state index in [1.165, 1.54) is 0 Å². The first-order chi connectivity index (χ1) is 13.3. The summed E-state index contributed by atoms with van der Waals surface area (Å²) in [6.45, 7) is 5.90. The van der Waals surface area contributed by atoms with Crippen LogP contribution in [0.4, 0.5) is 0 Å². The van der Waals surface area contributed by atoms with Gasteiger partial charge in [-0.2, -0.15) is 5.10 Å². The number of amides is 1. The lowest BCUT2D eigenvalue weighted by Gasteiger charge is -2.11. The Bertz CT molecular complexity index is 989. The number of unbranched alkanes of at least 4 members (excludes halogenated alkanes) is 3. The molecule has 0 aliphatic carbocycles. The third-order valence-corrected chi connectivity index (χ3v) is 4.51. The molecule has 0 aliphatic heterocycles. The van der Waals surface area contributed by atoms with Crippen molar-refractivity contribution in [1.29, 1.82) is 0 Å². The van der Waals surface area contributed by atoms with E-state index in [1.54, 1.807) is 12.1 Å². The van der Waals surface area contributed by atoms with Crippen LogP contribution in [0.5, 0.6) is 5.88 Å². The smallest absolute Gasteiger partial charge is 0.335 e. The number of carbonyl (C=O) groups is 1. The molecule has 1 amide bonds. The van der Waals surface area contributed by atoms with Gasteiger partial charge in [0, 0.05) is 6.42 Å². The van der Waals surface area contributed by atoms with E-state index in [2.05, 4.69) is 22.4 Å². The maximum atomic E-state index is 12.2. The van der Waals surface area contributed by atoms with Crippen LogP contribution in [0.2, 0.25) is 0 Å². The lowest BCUT2D eigenvalue weighted by atomic mass is 10.1. The van der Waals surface area contributed by atoms with Gasteiger partial charge in [0.2, 0.25) is 11.8 Å². The highest BCUT2D eigenvalue weighted by Gasteiger charge is 2.14. The summed E-state index contributed by atoms with van der Waals surface area (Å²) in [5.74, 6) is -0.816. The van der Waals surface area contributed by atoms with E-state index in [1.807, 2.05) is 19.9 Å². The zero-order chi connectivity index (χ0) is 20.7. The Morgan fingerprint density at radius 2 is 1.96 bits per heavy atom. The predicted molar refractivity (Wildman–Crippen MR) is 108 cm³/mol. The van der Waals surface area contributed by atoms with Gasteiger partial charge in [-0.05, 0) is 43.5 Å². The number of carbonyl (C=O) groups excluding carboxylic acids is 1. The molecule has 0 saturated heterocycles. The molecule has 1 aromatic carbocycles. The van der Waals surface area contributed by atoms with Crippen molar-refractivity contribution in [3.8, 4) is 11.6 Å². The van der Waals surface area contributed by atoms with E-state index in [-0.39, 0.29) is 11.5 Å². The van der Waals surface area contributed by atoms with Crippen LogP contribution in [-0.4, -0.2) is 26.8 Å². The Morgan fingerprint density at radius 1 is 1.21 bits per heavy atom. The molecule has 1 aromatic heterocycles. The molecule has 0 spiro atoms. The van der Waals surface area contributed by atoms with Gasteiger partial charge < -0.3 is 5.11 Å². The van der Waals surface area contributed by atoms with Crippen molar-refractivity contribution in [1.82, 2.24) is 15.0 Å². The molecular formula is C20H26N4O4. The fourth-order valence-electron chi connectivity index (χ4n) is 2.70. The van der Waals surface area contributed by atoms with E-state index < -0.39 is 17.1 Å². The summed E-state index contributed by atoms with van der Waals surface area (Å²) < 4.78 is 0.988. The number of hydrogen-bond donors (Lipinski definition) is 3. The van der Waals surface area contributed by atoms with Gasteiger partial charge in [0.1, 0.15) is 5.56 Å². The molecule has 0 atom stereocenters. The third kappa shape index (κ3) is 5.18. The van der Waals surface area contributed by atoms with Crippen molar-refractivity contribution < 1.29 is 9.90 Å². The highest BCUT2D eigenvalue weighted by Crippen LogP contribution is 2.18. The zero-order valence-corrected chi connectivity index (χ0v) is 16.4. The van der Waals surface area contributed by atoms with Crippen LogP contribution in [0.25, 0.3) is 5.69 Å². The van der Waals surface area contributed by atoms with Gasteiger partial charge in [0.15, 0.2) is 0 Å². The zero-order valence-electron chi connectivity index (χ0n) is 16.4. The van der Waals surface area contributed by atoms with Crippen LogP contribution >= 0.6 is 0 Å². The molecule has 2 aromatic rings. The van der Waals surface area contributed by atoms with E-state index >= 15 is 0 Å². The van der Waals surface area contributed by atoms with Crippen molar-refractivity contribution in [2.75, 3.05) is 0 Å². The molecule has 2 rings (SSSR count). The lowest BCUT2D eigenvalue weighted by molar-refractivity contribution is -0.121. The van der Waals surface area contributed by atoms with E-state index in [9.17, 15) is 19.5 Å². The van der Waals surface area contributed by atoms with E-state index in [0.29, 0.717) is 12.1 Å². The van der Waals surface area contributed by atoms with Crippen molar-refractivity contribution in [2.45, 2.75) is 52.9 Å². The minimum absolute atomic E-state index is 0.218. The first-order valence-corrected chi connectivity index (χ1v) is 9.33. The number of hydrogen-bond acceptors (Lipinski definition) is 5. The van der Waals surface area contributed by atoms with Crippen LogP contribution < -0.4 is 16.7 Å². The quantitative estimate of drug-likeness (QED) is 0.366. The number of hydrazone groups is 1. The van der Waals surface area contributed by atoms with Crippen molar-refractivity contribution in [2.24, 2.45) is 5.10 Å². The maximum Gasteiger partial charge on any atom is 0.335 e. The van der Waals surface area contributed by atoms with Gasteiger partial charge in [-0.25, -0.2) is 14.8 Å². The molecule has 150 valence electrons. The first kappa shape index (κ1) is 21.1. The number of benzene rings is 1. The van der Waals surface area contributed by atoms with Crippen LogP contribution in [0.15, 0.2) is 32.9 Å². The molecule has 0 saturated carbocycles. The average Bonchev–Trinajstić information content (AvgIpc) is 2.64. The van der Waals surface area contributed by atoms with Gasteiger partial charge in [-0.15, -0.1) is 0 Å². The van der Waals surface area contributed by atoms with Gasteiger partial charge in [-0.1, -0.05) is 32.3 Å². The number of aromatic nitrogens is 2. The lowest BCUT2D eigenvalue weighted by Crippen LogP contribution is -2.31. The minimum atomic E-state index is -0.788. The molecule has 8 heteroatoms. The standard InChI is InChI=1S/C20H26N4O4/c1-4-5-6-7-8-17(25)23-21-12-16-18(26)22-20(28)24(19(16)27)15-10-9-13(2)14(3)11-15/h9-12,27H,4-8H2,1-3H3,(H,23,25)(H,22,26,28)/b21-12+. The second-order valence-corrected chi connectivity index (χ2v) is 6.70. The van der Waals surface area contributed by atoms with Gasteiger partial charge in [0.05, 0.1) is 11.9 Å². The van der Waals surface area contributed by atoms with Gasteiger partial charge >= 0.3 is 5.69 Å². The number of aromatic amines is 1. The summed E-state index contributed by atoms with van der Waals surface area (Å²) >= 11 is 0. The highest BCUT2D eigenvalue weighted by atomic mass is 16.3. The number of H-pyrrole nitrogens is 1. The Hall–Kier alpha value is -3.16. The summed E-state index contributed by atoms with van der Waals surface area (Å²) in [4.78, 5) is 38.2. The summed E-state index contributed by atoms with van der Waals surface area (Å²) in [6, 6.07) is 5.21. The average molecular weight is 386 g/mol. The number of nitrogens with one attached hydrogen (secondary N) is 2. The molecule has 0 unspecified atom stereocenters. The van der Waals surface area contributed by atoms with Crippen molar-refractivity contribution in [3.05, 3.63) is 55.7 Å². The number of rotatable bonds is 8. The maximum absolute atomic E-state index is 12.2. The topological polar surface area (TPSA) is 117 Å². The number of nitrogens with zero attached hydrogens (tertiary/aromatic N) is 2. The second kappa shape index (κ2) is 9.68. The SMILES string of the molecule is CCCCCCC(=O)N/N=C/c1c(O)n(-c2ccc(C)c(C)c2)c(=O)[nH]c1=O. The summed E-state index contributed by atoms with van der Waals surface area (Å²) in [7, 11) is 0. The second-order valence-electron chi connectivity index (χ2n) is 6.70. The van der Waals surface area contributed by atoms with Gasteiger partial charge in [-0.3, -0.25) is 14.6 Å². The summed E-state index contributed by atoms with van der Waals surface area (Å²) in [6.07, 6.45) is 5.25. The molecule has 0 aliphatic rings. The Labute approximate surface area is 162 Å². The normalized spacial score (nSPS) is 11.1. The monoisotopic (exact) mass is 386 g/mol. The van der Waals surface area contributed by atoms with Crippen LogP contribution in [0.1, 0.15) is 55.7 Å². The molecule has 0 fully saturated rings. The Morgan fingerprint density at radius 3 is 2.64 bits per heavy atom. The fraction of sp³-hybridized carbons (Fsp3) is 0.400. The van der Waals surface area contributed by atoms with E-state index in [0.717, 1.165) is 47.6 Å². The molecule has 0 bridgehead atoms. The van der Waals surface area contributed by atoms with Crippen molar-refractivity contribution >= 4 is 12.1 Å². The third-order valence-electron chi connectivity index (χ3n) is 4.51. The molecule has 1 heterocycles. The number of aryl methyl sites for hydroxylation is 2. The molecule has 8 nitrogen and oxygen atoms in total. The Balaban J connectivity index is 2.24. The van der Waals surface area contributed by atoms with Crippen LogP contribution in [0, 0.1) is 13.8 Å². The predicted octanol–water partition coefficient (Wildman–Crippen LogP) is 2.27. The highest BCUT2D eigenvalue weighted by molar-refractivity contribution is 5.84. The van der Waals surface area contributed by atoms with Gasteiger partial charge in [0.25, 0.3) is 5.56 Å². The van der Waals surface area contributed by atoms with Crippen LogP contribution in [-0.2, 0) is 4.79 Å². The molecule has 28 heavy (non-hydrogen) atoms. The number of aromatic hydroxyl groups is 1. The fourth-order valence-corrected chi connectivity index (χ4v) is 2.70. The largest absolute Gasteiger partial charge is 0.493 e. The Kier molecular flexibility index (Phi) is 7.31. The molecule has 0 radical (unpaired) electrons. The van der Waals surface area contributed by atoms with Crippen LogP contribution in [0.3, 0.4) is 0 Å². The molecule has 3 N–H and O–H groups in total. The molecular weight excluding hydrogens is 360 g/mol. The van der Waals surface area contributed by atoms with E-state index in [4.69, 9.17) is 0 Å². The summed E-state index contributed by atoms with van der Waals surface area (Å²) in [5.41, 5.74) is 2.94. The minimum Gasteiger partial charge on any atom is -0.493 e. The summed E-state index contributed by atoms with van der Waals surface area (Å²) in [5, 5.41) is 14.2.